The van der Waals surface area contributed by atoms with Gasteiger partial charge in [0.15, 0.2) is 0 Å². The van der Waals surface area contributed by atoms with Crippen molar-refractivity contribution in [3.8, 4) is 5.75 Å². The largest absolute Gasteiger partial charge is 0.497 e. The molecule has 1 unspecified atom stereocenters. The Labute approximate surface area is 157 Å². The van der Waals surface area contributed by atoms with Gasteiger partial charge in [-0.1, -0.05) is 35.3 Å². The molecule has 0 aliphatic carbocycles. The van der Waals surface area contributed by atoms with E-state index in [4.69, 9.17) is 32.7 Å². The van der Waals surface area contributed by atoms with Crippen LogP contribution in [-0.2, 0) is 14.8 Å². The van der Waals surface area contributed by atoms with E-state index in [-0.39, 0.29) is 16.5 Å². The summed E-state index contributed by atoms with van der Waals surface area (Å²) in [7, 11) is -0.735. The summed E-state index contributed by atoms with van der Waals surface area (Å²) in [6.07, 6.45) is -0.475. The normalized spacial score (nSPS) is 12.8. The van der Waals surface area contributed by atoms with E-state index in [1.807, 2.05) is 12.1 Å². The SMILES string of the molecule is COc1cccc(C(CNS(=O)(=O)c2cc(C)c(Cl)cc2Cl)OC)c1. The van der Waals surface area contributed by atoms with Gasteiger partial charge in [-0.2, -0.15) is 0 Å². The molecule has 1 atom stereocenters. The predicted molar refractivity (Wildman–Crippen MR) is 99.1 cm³/mol. The van der Waals surface area contributed by atoms with Crippen LogP contribution in [0.2, 0.25) is 10.0 Å². The topological polar surface area (TPSA) is 64.6 Å². The van der Waals surface area contributed by atoms with E-state index in [0.29, 0.717) is 16.3 Å². The molecule has 0 saturated carbocycles. The van der Waals surface area contributed by atoms with Gasteiger partial charge in [0, 0.05) is 18.7 Å². The maximum absolute atomic E-state index is 12.6. The second-order valence-corrected chi connectivity index (χ2v) is 7.93. The van der Waals surface area contributed by atoms with Crippen molar-refractivity contribution in [1.82, 2.24) is 4.72 Å². The molecule has 2 aromatic carbocycles. The summed E-state index contributed by atoms with van der Waals surface area (Å²) in [5, 5.41) is 0.480. The van der Waals surface area contributed by atoms with Crippen molar-refractivity contribution in [2.75, 3.05) is 20.8 Å². The molecule has 2 rings (SSSR count). The molecule has 1 N–H and O–H groups in total. The van der Waals surface area contributed by atoms with Gasteiger partial charge in [-0.25, -0.2) is 13.1 Å². The van der Waals surface area contributed by atoms with Gasteiger partial charge in [0.2, 0.25) is 10.0 Å². The average molecular weight is 404 g/mol. The molecule has 0 heterocycles. The average Bonchev–Trinajstić information content (AvgIpc) is 2.58. The fourth-order valence-corrected chi connectivity index (χ4v) is 4.14. The molecular formula is C17H19Cl2NO4S. The van der Waals surface area contributed by atoms with Crippen molar-refractivity contribution in [2.24, 2.45) is 0 Å². The van der Waals surface area contributed by atoms with Crippen molar-refractivity contribution >= 4 is 33.2 Å². The summed E-state index contributed by atoms with van der Waals surface area (Å²) in [5.74, 6) is 0.666. The summed E-state index contributed by atoms with van der Waals surface area (Å²) < 4.78 is 38.3. The molecule has 0 aliphatic heterocycles. The fourth-order valence-electron chi connectivity index (χ4n) is 2.28. The van der Waals surface area contributed by atoms with Crippen molar-refractivity contribution in [3.63, 3.8) is 0 Å². The Balaban J connectivity index is 2.21. The van der Waals surface area contributed by atoms with Gasteiger partial charge >= 0.3 is 0 Å². The molecule has 8 heteroatoms. The minimum absolute atomic E-state index is 0.0171. The third kappa shape index (κ3) is 4.86. The van der Waals surface area contributed by atoms with E-state index in [1.165, 1.54) is 19.2 Å². The first-order valence-electron chi connectivity index (χ1n) is 7.40. The van der Waals surface area contributed by atoms with Gasteiger partial charge in [-0.3, -0.25) is 0 Å². The Morgan fingerprint density at radius 1 is 1.12 bits per heavy atom. The minimum atomic E-state index is -3.81. The van der Waals surface area contributed by atoms with Crippen LogP contribution in [0.3, 0.4) is 0 Å². The molecule has 0 aliphatic rings. The van der Waals surface area contributed by atoms with E-state index < -0.39 is 16.1 Å². The summed E-state index contributed by atoms with van der Waals surface area (Å²) in [6, 6.07) is 10.1. The molecular weight excluding hydrogens is 385 g/mol. The van der Waals surface area contributed by atoms with Gasteiger partial charge in [0.25, 0.3) is 0 Å². The van der Waals surface area contributed by atoms with Gasteiger partial charge < -0.3 is 9.47 Å². The number of nitrogens with one attached hydrogen (secondary N) is 1. The van der Waals surface area contributed by atoms with Crippen molar-refractivity contribution in [2.45, 2.75) is 17.9 Å². The van der Waals surface area contributed by atoms with Crippen LogP contribution in [-0.4, -0.2) is 29.2 Å². The summed E-state index contributed by atoms with van der Waals surface area (Å²) in [5.41, 5.74) is 1.42. The number of rotatable bonds is 7. The van der Waals surface area contributed by atoms with Crippen LogP contribution in [0.4, 0.5) is 0 Å². The van der Waals surface area contributed by atoms with Crippen LogP contribution in [0.5, 0.6) is 5.75 Å². The van der Waals surface area contributed by atoms with Crippen LogP contribution in [0.15, 0.2) is 41.3 Å². The fraction of sp³-hybridized carbons (Fsp3) is 0.294. The molecule has 5 nitrogen and oxygen atoms in total. The maximum Gasteiger partial charge on any atom is 0.242 e. The van der Waals surface area contributed by atoms with Gasteiger partial charge in [0.1, 0.15) is 10.6 Å². The number of hydrogen-bond donors (Lipinski definition) is 1. The van der Waals surface area contributed by atoms with Gasteiger partial charge in [-0.05, 0) is 42.3 Å². The molecule has 0 bridgehead atoms. The van der Waals surface area contributed by atoms with E-state index in [2.05, 4.69) is 4.72 Å². The zero-order valence-electron chi connectivity index (χ0n) is 14.0. The van der Waals surface area contributed by atoms with Crippen LogP contribution in [0.1, 0.15) is 17.2 Å². The standard InChI is InChI=1S/C17H19Cl2NO4S/c1-11-7-17(15(19)9-14(11)18)25(21,22)20-10-16(24-3)12-5-4-6-13(8-12)23-2/h4-9,16,20H,10H2,1-3H3. The first-order chi connectivity index (χ1) is 11.8. The van der Waals surface area contributed by atoms with Crippen molar-refractivity contribution < 1.29 is 17.9 Å². The van der Waals surface area contributed by atoms with E-state index in [0.717, 1.165) is 5.56 Å². The van der Waals surface area contributed by atoms with Crippen LogP contribution in [0.25, 0.3) is 0 Å². The molecule has 0 saturated heterocycles. The second kappa shape index (κ2) is 8.38. The van der Waals surface area contributed by atoms with E-state index in [1.54, 1.807) is 26.2 Å². The number of benzene rings is 2. The first-order valence-corrected chi connectivity index (χ1v) is 9.64. The maximum atomic E-state index is 12.6. The smallest absolute Gasteiger partial charge is 0.242 e. The number of halogens is 2. The number of hydrogen-bond acceptors (Lipinski definition) is 4. The first kappa shape index (κ1) is 20.0. The number of methoxy groups -OCH3 is 2. The number of ether oxygens (including phenoxy) is 2. The molecule has 0 radical (unpaired) electrons. The monoisotopic (exact) mass is 403 g/mol. The molecule has 25 heavy (non-hydrogen) atoms. The Morgan fingerprint density at radius 3 is 2.48 bits per heavy atom. The Kier molecular flexibility index (Phi) is 6.71. The third-order valence-electron chi connectivity index (χ3n) is 3.71. The summed E-state index contributed by atoms with van der Waals surface area (Å²) in [6.45, 7) is 1.76. The zero-order chi connectivity index (χ0) is 18.6. The molecule has 0 aromatic heterocycles. The summed E-state index contributed by atoms with van der Waals surface area (Å²) >= 11 is 12.0. The molecule has 0 spiro atoms. The Morgan fingerprint density at radius 2 is 1.84 bits per heavy atom. The van der Waals surface area contributed by atoms with E-state index >= 15 is 0 Å². The molecule has 136 valence electrons. The highest BCUT2D eigenvalue weighted by atomic mass is 35.5. The lowest BCUT2D eigenvalue weighted by molar-refractivity contribution is 0.107. The molecule has 0 amide bonds. The number of sulfonamides is 1. The number of aryl methyl sites for hydroxylation is 1. The second-order valence-electron chi connectivity index (χ2n) is 5.38. The lowest BCUT2D eigenvalue weighted by Crippen LogP contribution is -2.29. The van der Waals surface area contributed by atoms with Crippen LogP contribution < -0.4 is 9.46 Å². The predicted octanol–water partition coefficient (Wildman–Crippen LogP) is 3.98. The van der Waals surface area contributed by atoms with Crippen LogP contribution >= 0.6 is 23.2 Å². The van der Waals surface area contributed by atoms with Gasteiger partial charge in [-0.15, -0.1) is 0 Å². The highest BCUT2D eigenvalue weighted by molar-refractivity contribution is 7.89. The lowest BCUT2D eigenvalue weighted by atomic mass is 10.1. The molecule has 2 aromatic rings. The van der Waals surface area contributed by atoms with Gasteiger partial charge in [0.05, 0.1) is 18.2 Å². The highest BCUT2D eigenvalue weighted by Gasteiger charge is 2.22. The van der Waals surface area contributed by atoms with E-state index in [9.17, 15) is 8.42 Å². The molecule has 0 fully saturated rings. The summed E-state index contributed by atoms with van der Waals surface area (Å²) in [4.78, 5) is -0.0171. The van der Waals surface area contributed by atoms with Crippen molar-refractivity contribution in [3.05, 3.63) is 57.6 Å². The minimum Gasteiger partial charge on any atom is -0.497 e. The van der Waals surface area contributed by atoms with Crippen molar-refractivity contribution in [1.29, 1.82) is 0 Å². The van der Waals surface area contributed by atoms with Crippen LogP contribution in [0, 0.1) is 6.92 Å². The Bertz CT molecular complexity index is 856. The highest BCUT2D eigenvalue weighted by Crippen LogP contribution is 2.28. The zero-order valence-corrected chi connectivity index (χ0v) is 16.4. The quantitative estimate of drug-likeness (QED) is 0.759. The third-order valence-corrected chi connectivity index (χ3v) is 6.01. The Hall–Kier alpha value is -1.31. The lowest BCUT2D eigenvalue weighted by Gasteiger charge is -2.18.